The van der Waals surface area contributed by atoms with Crippen molar-refractivity contribution in [1.82, 2.24) is 9.97 Å². The van der Waals surface area contributed by atoms with Crippen LogP contribution in [0.2, 0.25) is 0 Å². The number of hydrogen-bond donors (Lipinski definition) is 1. The Morgan fingerprint density at radius 2 is 1.86 bits per heavy atom. The lowest BCUT2D eigenvalue weighted by molar-refractivity contribution is 0.445. The average Bonchev–Trinajstić information content (AvgIpc) is 2.94. The van der Waals surface area contributed by atoms with Gasteiger partial charge in [0.2, 0.25) is 0 Å². The quantitative estimate of drug-likeness (QED) is 0.746. The highest BCUT2D eigenvalue weighted by Gasteiger charge is 2.10. The van der Waals surface area contributed by atoms with E-state index in [2.05, 4.69) is 15.3 Å². The number of aromatic nitrogens is 2. The van der Waals surface area contributed by atoms with Crippen LogP contribution in [-0.2, 0) is 6.42 Å². The normalized spacial score (nSPS) is 11.0. The Bertz CT molecular complexity index is 765. The molecule has 3 rings (SSSR count). The zero-order chi connectivity index (χ0) is 14.8. The summed E-state index contributed by atoms with van der Waals surface area (Å²) < 4.78 is 39.1. The van der Waals surface area contributed by atoms with Gasteiger partial charge in [0.15, 0.2) is 17.5 Å². The molecule has 0 atom stereocenters. The Labute approximate surface area is 122 Å². The summed E-state index contributed by atoms with van der Waals surface area (Å²) in [5, 5.41) is 5.91. The summed E-state index contributed by atoms with van der Waals surface area (Å²) in [6, 6.07) is 3.90. The fraction of sp³-hybridized carbons (Fsp3) is 0.143. The van der Waals surface area contributed by atoms with Crippen molar-refractivity contribution < 1.29 is 13.2 Å². The Kier molecular flexibility index (Phi) is 3.74. The minimum atomic E-state index is -1.44. The first-order chi connectivity index (χ1) is 10.1. The molecule has 0 spiro atoms. The molecule has 0 bridgehead atoms. The largest absolute Gasteiger partial charge is 0.369 e. The van der Waals surface area contributed by atoms with Gasteiger partial charge in [0.1, 0.15) is 17.0 Å². The molecule has 0 radical (unpaired) electrons. The molecule has 1 aromatic carbocycles. The first kappa shape index (κ1) is 13.8. The maximum atomic E-state index is 13.1. The number of nitrogens with one attached hydrogen (secondary N) is 1. The van der Waals surface area contributed by atoms with Crippen LogP contribution in [-0.4, -0.2) is 16.5 Å². The molecule has 2 aromatic heterocycles. The van der Waals surface area contributed by atoms with Gasteiger partial charge in [-0.1, -0.05) is 0 Å². The maximum Gasteiger partial charge on any atom is 0.194 e. The molecular formula is C14H10F3N3S. The number of fused-ring (bicyclic) bond motifs is 1. The predicted octanol–water partition coefficient (Wildman–Crippen LogP) is 3.76. The molecule has 0 saturated carbocycles. The second kappa shape index (κ2) is 5.69. The fourth-order valence-corrected chi connectivity index (χ4v) is 2.74. The van der Waals surface area contributed by atoms with Gasteiger partial charge in [-0.2, -0.15) is 0 Å². The summed E-state index contributed by atoms with van der Waals surface area (Å²) in [6.07, 6.45) is 1.81. The summed E-state index contributed by atoms with van der Waals surface area (Å²) in [6.45, 7) is 0.423. The molecule has 0 aliphatic heterocycles. The summed E-state index contributed by atoms with van der Waals surface area (Å²) in [5.74, 6) is -3.12. The van der Waals surface area contributed by atoms with Gasteiger partial charge in [0.25, 0.3) is 0 Å². The molecule has 0 amide bonds. The smallest absolute Gasteiger partial charge is 0.194 e. The van der Waals surface area contributed by atoms with E-state index in [4.69, 9.17) is 0 Å². The Morgan fingerprint density at radius 1 is 1.10 bits per heavy atom. The summed E-state index contributed by atoms with van der Waals surface area (Å²) in [5.41, 5.74) is 0.384. The number of anilines is 1. The summed E-state index contributed by atoms with van der Waals surface area (Å²) in [4.78, 5) is 9.13. The number of nitrogens with zero attached hydrogens (tertiary/aromatic N) is 2. The lowest BCUT2D eigenvalue weighted by atomic mass is 10.1. The molecule has 0 saturated heterocycles. The van der Waals surface area contributed by atoms with Crippen molar-refractivity contribution in [1.29, 1.82) is 0 Å². The number of rotatable bonds is 4. The number of thiophene rings is 1. The SMILES string of the molecule is Fc1cc(CCNc2ncnc3sccc23)cc(F)c1F. The zero-order valence-corrected chi connectivity index (χ0v) is 11.6. The molecule has 0 aliphatic carbocycles. The van der Waals surface area contributed by atoms with E-state index in [1.54, 1.807) is 0 Å². The standard InChI is InChI=1S/C14H10F3N3S/c15-10-5-8(6-11(16)12(10)17)1-3-18-13-9-2-4-21-14(9)20-7-19-13/h2,4-7H,1,3H2,(H,18,19,20). The predicted molar refractivity (Wildman–Crippen MR) is 75.9 cm³/mol. The van der Waals surface area contributed by atoms with Crippen LogP contribution in [0, 0.1) is 17.5 Å². The molecule has 1 N–H and O–H groups in total. The highest BCUT2D eigenvalue weighted by molar-refractivity contribution is 7.16. The van der Waals surface area contributed by atoms with Gasteiger partial charge < -0.3 is 5.32 Å². The van der Waals surface area contributed by atoms with Gasteiger partial charge in [0.05, 0.1) is 5.39 Å². The summed E-state index contributed by atoms with van der Waals surface area (Å²) >= 11 is 1.50. The molecule has 21 heavy (non-hydrogen) atoms. The van der Waals surface area contributed by atoms with Gasteiger partial charge in [-0.15, -0.1) is 11.3 Å². The van der Waals surface area contributed by atoms with Crippen LogP contribution in [0.3, 0.4) is 0 Å². The molecule has 3 nitrogen and oxygen atoms in total. The number of benzene rings is 1. The van der Waals surface area contributed by atoms with Crippen molar-refractivity contribution in [3.63, 3.8) is 0 Å². The summed E-state index contributed by atoms with van der Waals surface area (Å²) in [7, 11) is 0. The third-order valence-electron chi connectivity index (χ3n) is 3.01. The third kappa shape index (κ3) is 2.82. The fourth-order valence-electron chi connectivity index (χ4n) is 2.01. The minimum absolute atomic E-state index is 0.351. The molecule has 3 aromatic rings. The van der Waals surface area contributed by atoms with E-state index in [1.165, 1.54) is 17.7 Å². The van der Waals surface area contributed by atoms with Crippen LogP contribution < -0.4 is 5.32 Å². The minimum Gasteiger partial charge on any atom is -0.369 e. The van der Waals surface area contributed by atoms with E-state index >= 15 is 0 Å². The first-order valence-corrected chi connectivity index (χ1v) is 7.08. The van der Waals surface area contributed by atoms with E-state index in [0.717, 1.165) is 22.3 Å². The van der Waals surface area contributed by atoms with Crippen LogP contribution in [0.4, 0.5) is 19.0 Å². The average molecular weight is 309 g/mol. The molecule has 0 aliphatic rings. The van der Waals surface area contributed by atoms with Crippen LogP contribution in [0.5, 0.6) is 0 Å². The molecule has 0 fully saturated rings. The number of hydrogen-bond acceptors (Lipinski definition) is 4. The highest BCUT2D eigenvalue weighted by atomic mass is 32.1. The zero-order valence-electron chi connectivity index (χ0n) is 10.7. The van der Waals surface area contributed by atoms with E-state index in [0.29, 0.717) is 24.3 Å². The topological polar surface area (TPSA) is 37.8 Å². The second-order valence-corrected chi connectivity index (χ2v) is 5.31. The molecular weight excluding hydrogens is 299 g/mol. The number of halogens is 3. The van der Waals surface area contributed by atoms with Crippen LogP contribution in [0.1, 0.15) is 5.56 Å². The lowest BCUT2D eigenvalue weighted by Crippen LogP contribution is -2.07. The molecule has 108 valence electrons. The Morgan fingerprint density at radius 3 is 2.62 bits per heavy atom. The van der Waals surface area contributed by atoms with Gasteiger partial charge in [-0.05, 0) is 35.6 Å². The highest BCUT2D eigenvalue weighted by Crippen LogP contribution is 2.23. The van der Waals surface area contributed by atoms with Crippen LogP contribution in [0.25, 0.3) is 10.2 Å². The van der Waals surface area contributed by atoms with Crippen LogP contribution in [0.15, 0.2) is 29.9 Å². The van der Waals surface area contributed by atoms with Crippen molar-refractivity contribution >= 4 is 27.4 Å². The van der Waals surface area contributed by atoms with E-state index in [-0.39, 0.29) is 0 Å². The van der Waals surface area contributed by atoms with Gasteiger partial charge in [-0.25, -0.2) is 23.1 Å². The van der Waals surface area contributed by atoms with Gasteiger partial charge >= 0.3 is 0 Å². The molecule has 7 heteroatoms. The van der Waals surface area contributed by atoms with Gasteiger partial charge in [0, 0.05) is 6.54 Å². The van der Waals surface area contributed by atoms with Crippen molar-refractivity contribution in [2.75, 3.05) is 11.9 Å². The Hall–Kier alpha value is -2.15. The molecule has 0 unspecified atom stereocenters. The Balaban J connectivity index is 1.70. The van der Waals surface area contributed by atoms with E-state index in [1.807, 2.05) is 11.4 Å². The third-order valence-corrected chi connectivity index (χ3v) is 3.83. The maximum absolute atomic E-state index is 13.1. The van der Waals surface area contributed by atoms with Crippen molar-refractivity contribution in [2.24, 2.45) is 0 Å². The van der Waals surface area contributed by atoms with Crippen molar-refractivity contribution in [3.05, 3.63) is 52.9 Å². The lowest BCUT2D eigenvalue weighted by Gasteiger charge is -2.07. The van der Waals surface area contributed by atoms with Gasteiger partial charge in [-0.3, -0.25) is 0 Å². The first-order valence-electron chi connectivity index (χ1n) is 6.20. The van der Waals surface area contributed by atoms with Crippen molar-refractivity contribution in [2.45, 2.75) is 6.42 Å². The second-order valence-electron chi connectivity index (χ2n) is 4.41. The van der Waals surface area contributed by atoms with Crippen LogP contribution >= 0.6 is 11.3 Å². The van der Waals surface area contributed by atoms with E-state index in [9.17, 15) is 13.2 Å². The van der Waals surface area contributed by atoms with Crippen molar-refractivity contribution in [3.8, 4) is 0 Å². The monoisotopic (exact) mass is 309 g/mol. The van der Waals surface area contributed by atoms with E-state index < -0.39 is 17.5 Å². The molecule has 2 heterocycles.